The average molecular weight is 339 g/mol. The van der Waals surface area contributed by atoms with Crippen LogP contribution in [0.1, 0.15) is 18.9 Å². The van der Waals surface area contributed by atoms with Gasteiger partial charge in [-0.15, -0.1) is 0 Å². The molecule has 0 aliphatic heterocycles. The topological polar surface area (TPSA) is 29.3 Å². The number of anilines is 1. The molecule has 0 heterocycles. The standard InChI is InChI=1S/C13H18BrF3N2/c1-2-7-19(9-13(15,16)17)11-4-3-10(5-6-18)12(14)8-11/h3-4,8H,2,5-7,9,18H2,1H3. The van der Waals surface area contributed by atoms with Crippen molar-refractivity contribution in [3.05, 3.63) is 28.2 Å². The van der Waals surface area contributed by atoms with E-state index in [4.69, 9.17) is 5.73 Å². The van der Waals surface area contributed by atoms with E-state index in [2.05, 4.69) is 15.9 Å². The second-order valence-corrected chi connectivity index (χ2v) is 5.21. The Morgan fingerprint density at radius 2 is 2.00 bits per heavy atom. The third-order valence-electron chi connectivity index (χ3n) is 2.68. The number of hydrogen-bond acceptors (Lipinski definition) is 2. The lowest BCUT2D eigenvalue weighted by molar-refractivity contribution is -0.119. The molecule has 0 radical (unpaired) electrons. The number of benzene rings is 1. The van der Waals surface area contributed by atoms with Gasteiger partial charge in [0.05, 0.1) is 0 Å². The lowest BCUT2D eigenvalue weighted by atomic mass is 10.1. The number of hydrogen-bond donors (Lipinski definition) is 1. The molecular formula is C13H18BrF3N2. The van der Waals surface area contributed by atoms with Gasteiger partial charge in [0.2, 0.25) is 0 Å². The molecule has 108 valence electrons. The van der Waals surface area contributed by atoms with Crippen molar-refractivity contribution in [1.29, 1.82) is 0 Å². The summed E-state index contributed by atoms with van der Waals surface area (Å²) in [6.07, 6.45) is -2.83. The summed E-state index contributed by atoms with van der Waals surface area (Å²) in [5.41, 5.74) is 7.06. The monoisotopic (exact) mass is 338 g/mol. The van der Waals surface area contributed by atoms with Crippen LogP contribution in [0.15, 0.2) is 22.7 Å². The predicted octanol–water partition coefficient (Wildman–Crippen LogP) is 3.73. The molecule has 0 aliphatic rings. The summed E-state index contributed by atoms with van der Waals surface area (Å²) in [4.78, 5) is 1.34. The molecule has 0 unspecified atom stereocenters. The fourth-order valence-corrected chi connectivity index (χ4v) is 2.44. The van der Waals surface area contributed by atoms with Gasteiger partial charge in [-0.1, -0.05) is 28.9 Å². The molecule has 2 N–H and O–H groups in total. The van der Waals surface area contributed by atoms with E-state index in [1.54, 1.807) is 12.1 Å². The van der Waals surface area contributed by atoms with Gasteiger partial charge in [-0.2, -0.15) is 13.2 Å². The summed E-state index contributed by atoms with van der Waals surface area (Å²) in [5.74, 6) is 0. The molecule has 0 aliphatic carbocycles. The zero-order valence-electron chi connectivity index (χ0n) is 10.8. The van der Waals surface area contributed by atoms with Crippen LogP contribution in [0.25, 0.3) is 0 Å². The van der Waals surface area contributed by atoms with Crippen LogP contribution in [0.3, 0.4) is 0 Å². The van der Waals surface area contributed by atoms with Crippen LogP contribution in [0.2, 0.25) is 0 Å². The van der Waals surface area contributed by atoms with Crippen LogP contribution in [0, 0.1) is 0 Å². The predicted molar refractivity (Wildman–Crippen MR) is 75.5 cm³/mol. The van der Waals surface area contributed by atoms with Gasteiger partial charge in [0.1, 0.15) is 6.54 Å². The quantitative estimate of drug-likeness (QED) is 0.856. The highest BCUT2D eigenvalue weighted by molar-refractivity contribution is 9.10. The molecule has 2 nitrogen and oxygen atoms in total. The third-order valence-corrected chi connectivity index (χ3v) is 3.42. The molecular weight excluding hydrogens is 321 g/mol. The van der Waals surface area contributed by atoms with Gasteiger partial charge < -0.3 is 10.6 Å². The van der Waals surface area contributed by atoms with E-state index in [-0.39, 0.29) is 0 Å². The smallest absolute Gasteiger partial charge is 0.363 e. The van der Waals surface area contributed by atoms with Crippen LogP contribution < -0.4 is 10.6 Å². The van der Waals surface area contributed by atoms with E-state index in [9.17, 15) is 13.2 Å². The van der Waals surface area contributed by atoms with E-state index >= 15 is 0 Å². The molecule has 0 saturated carbocycles. The molecule has 1 aromatic rings. The van der Waals surface area contributed by atoms with Crippen molar-refractivity contribution in [3.63, 3.8) is 0 Å². The molecule has 0 bridgehead atoms. The number of rotatable bonds is 6. The summed E-state index contributed by atoms with van der Waals surface area (Å²) < 4.78 is 38.4. The summed E-state index contributed by atoms with van der Waals surface area (Å²) in [6.45, 7) is 1.83. The minimum atomic E-state index is -4.20. The fraction of sp³-hybridized carbons (Fsp3) is 0.538. The first kappa shape index (κ1) is 16.3. The number of nitrogens with zero attached hydrogens (tertiary/aromatic N) is 1. The number of alkyl halides is 3. The largest absolute Gasteiger partial charge is 0.405 e. The summed E-state index contributed by atoms with van der Waals surface area (Å²) in [5, 5.41) is 0. The van der Waals surface area contributed by atoms with Crippen molar-refractivity contribution in [2.45, 2.75) is 25.9 Å². The van der Waals surface area contributed by atoms with E-state index in [1.165, 1.54) is 4.90 Å². The van der Waals surface area contributed by atoms with Gasteiger partial charge in [0.25, 0.3) is 0 Å². The SMILES string of the molecule is CCCN(CC(F)(F)F)c1ccc(CCN)c(Br)c1. The van der Waals surface area contributed by atoms with Gasteiger partial charge in [0.15, 0.2) is 0 Å². The van der Waals surface area contributed by atoms with Crippen LogP contribution in [0.4, 0.5) is 18.9 Å². The Morgan fingerprint density at radius 3 is 2.47 bits per heavy atom. The molecule has 1 rings (SSSR count). The van der Waals surface area contributed by atoms with Gasteiger partial charge in [-0.3, -0.25) is 0 Å². The van der Waals surface area contributed by atoms with Crippen molar-refractivity contribution < 1.29 is 13.2 Å². The molecule has 0 fully saturated rings. The molecule has 19 heavy (non-hydrogen) atoms. The Morgan fingerprint density at radius 1 is 1.32 bits per heavy atom. The summed E-state index contributed by atoms with van der Waals surface area (Å²) >= 11 is 3.38. The Balaban J connectivity index is 2.93. The van der Waals surface area contributed by atoms with Crippen LogP contribution in [-0.4, -0.2) is 25.8 Å². The first-order valence-electron chi connectivity index (χ1n) is 6.17. The highest BCUT2D eigenvalue weighted by Crippen LogP contribution is 2.27. The van der Waals surface area contributed by atoms with Gasteiger partial charge >= 0.3 is 6.18 Å². The third kappa shape index (κ3) is 5.40. The second kappa shape index (κ2) is 7.14. The average Bonchev–Trinajstić information content (AvgIpc) is 2.30. The molecule has 0 spiro atoms. The minimum absolute atomic E-state index is 0.377. The molecule has 0 saturated heterocycles. The lowest BCUT2D eigenvalue weighted by Crippen LogP contribution is -2.34. The Kier molecular flexibility index (Phi) is 6.13. The van der Waals surface area contributed by atoms with Gasteiger partial charge in [-0.05, 0) is 37.1 Å². The maximum atomic E-state index is 12.5. The van der Waals surface area contributed by atoms with Crippen molar-refractivity contribution >= 4 is 21.6 Å². The van der Waals surface area contributed by atoms with Crippen molar-refractivity contribution in [2.75, 3.05) is 24.5 Å². The van der Waals surface area contributed by atoms with E-state index in [0.717, 1.165) is 10.0 Å². The van der Waals surface area contributed by atoms with Crippen LogP contribution in [-0.2, 0) is 6.42 Å². The maximum absolute atomic E-state index is 12.5. The highest BCUT2D eigenvalue weighted by Gasteiger charge is 2.30. The number of halogens is 4. The Hall–Kier alpha value is -0.750. The highest BCUT2D eigenvalue weighted by atomic mass is 79.9. The minimum Gasteiger partial charge on any atom is -0.363 e. The van der Waals surface area contributed by atoms with Crippen molar-refractivity contribution in [2.24, 2.45) is 5.73 Å². The fourth-order valence-electron chi connectivity index (χ4n) is 1.88. The van der Waals surface area contributed by atoms with Crippen molar-refractivity contribution in [1.82, 2.24) is 0 Å². The van der Waals surface area contributed by atoms with E-state index in [1.807, 2.05) is 13.0 Å². The second-order valence-electron chi connectivity index (χ2n) is 4.35. The Bertz CT molecular complexity index is 407. The van der Waals surface area contributed by atoms with E-state index in [0.29, 0.717) is 31.6 Å². The summed E-state index contributed by atoms with van der Waals surface area (Å²) in [6, 6.07) is 5.27. The van der Waals surface area contributed by atoms with Crippen LogP contribution in [0.5, 0.6) is 0 Å². The normalized spacial score (nSPS) is 11.7. The molecule has 6 heteroatoms. The van der Waals surface area contributed by atoms with Crippen LogP contribution >= 0.6 is 15.9 Å². The van der Waals surface area contributed by atoms with Gasteiger partial charge in [0, 0.05) is 16.7 Å². The zero-order chi connectivity index (χ0) is 14.5. The van der Waals surface area contributed by atoms with E-state index < -0.39 is 12.7 Å². The van der Waals surface area contributed by atoms with Gasteiger partial charge in [-0.25, -0.2) is 0 Å². The molecule has 0 aromatic heterocycles. The lowest BCUT2D eigenvalue weighted by Gasteiger charge is -2.26. The molecule has 0 atom stereocenters. The summed E-state index contributed by atoms with van der Waals surface area (Å²) in [7, 11) is 0. The molecule has 0 amide bonds. The van der Waals surface area contributed by atoms with Crippen molar-refractivity contribution in [3.8, 4) is 0 Å². The zero-order valence-corrected chi connectivity index (χ0v) is 12.4. The first-order chi connectivity index (χ1) is 8.87. The maximum Gasteiger partial charge on any atom is 0.405 e. The molecule has 1 aromatic carbocycles. The first-order valence-corrected chi connectivity index (χ1v) is 6.97. The number of nitrogens with two attached hydrogens (primary N) is 1. The Labute approximate surface area is 119 Å².